The predicted octanol–water partition coefficient (Wildman–Crippen LogP) is 4.61. The van der Waals surface area contributed by atoms with Crippen molar-refractivity contribution in [3.8, 4) is 11.5 Å². The Morgan fingerprint density at radius 3 is 2.30 bits per heavy atom. The Morgan fingerprint density at radius 2 is 1.67 bits per heavy atom. The Bertz CT molecular complexity index is 958. The number of aryl methyl sites for hydroxylation is 2. The summed E-state index contributed by atoms with van der Waals surface area (Å²) in [5, 5.41) is 0. The van der Waals surface area contributed by atoms with Gasteiger partial charge in [-0.3, -0.25) is 9.69 Å². The Hall–Kier alpha value is -2.35. The van der Waals surface area contributed by atoms with Crippen molar-refractivity contribution in [3.63, 3.8) is 0 Å². The fourth-order valence-corrected chi connectivity index (χ4v) is 3.91. The number of nitrogens with zero attached hydrogens (tertiary/aromatic N) is 1. The molecule has 3 rings (SSSR count). The molecule has 1 aliphatic heterocycles. The van der Waals surface area contributed by atoms with Crippen LogP contribution in [0.2, 0.25) is 0 Å². The fraction of sp³-hybridized carbons (Fsp3) is 0.304. The Balaban J connectivity index is 1.38. The number of hydrogen-bond donors (Lipinski definition) is 0. The molecule has 0 atom stereocenters. The van der Waals surface area contributed by atoms with Crippen molar-refractivity contribution in [1.29, 1.82) is 0 Å². The van der Waals surface area contributed by atoms with Gasteiger partial charge in [0, 0.05) is 7.05 Å². The number of ether oxygens (including phenoxy) is 3. The largest absolute Gasteiger partial charge is 0.491 e. The fourth-order valence-electron chi connectivity index (χ4n) is 2.73. The van der Waals surface area contributed by atoms with Crippen molar-refractivity contribution in [2.45, 2.75) is 13.8 Å². The highest BCUT2D eigenvalue weighted by Crippen LogP contribution is 2.31. The molecule has 0 saturated carbocycles. The maximum atomic E-state index is 12.1. The molecular weight excluding hydrogens is 418 g/mol. The molecule has 0 radical (unpaired) electrons. The van der Waals surface area contributed by atoms with Gasteiger partial charge in [-0.1, -0.05) is 42.2 Å². The SMILES string of the molecule is Cc1ccc(OCCOCCOc2cccc(/C=C3/SC(=S)N(C)C3=O)c2)cc1C. The van der Waals surface area contributed by atoms with Gasteiger partial charge in [0.2, 0.25) is 0 Å². The minimum atomic E-state index is -0.0762. The van der Waals surface area contributed by atoms with Crippen LogP contribution in [0.15, 0.2) is 47.4 Å². The number of hydrogen-bond acceptors (Lipinski definition) is 6. The second kappa shape index (κ2) is 10.6. The lowest BCUT2D eigenvalue weighted by Gasteiger charge is -2.10. The molecule has 0 aliphatic carbocycles. The van der Waals surface area contributed by atoms with Crippen molar-refractivity contribution in [3.05, 3.63) is 64.1 Å². The van der Waals surface area contributed by atoms with Crippen molar-refractivity contribution < 1.29 is 19.0 Å². The van der Waals surface area contributed by atoms with Gasteiger partial charge in [-0.05, 0) is 60.9 Å². The van der Waals surface area contributed by atoms with Gasteiger partial charge in [0.05, 0.1) is 18.1 Å². The molecule has 158 valence electrons. The van der Waals surface area contributed by atoms with Crippen molar-refractivity contribution in [1.82, 2.24) is 4.90 Å². The van der Waals surface area contributed by atoms with Gasteiger partial charge < -0.3 is 14.2 Å². The number of likely N-dealkylation sites (N-methyl/N-ethyl adjacent to an activating group) is 1. The van der Waals surface area contributed by atoms with E-state index in [1.807, 2.05) is 42.5 Å². The van der Waals surface area contributed by atoms with Crippen molar-refractivity contribution in [2.24, 2.45) is 0 Å². The van der Waals surface area contributed by atoms with E-state index in [0.29, 0.717) is 35.7 Å². The topological polar surface area (TPSA) is 48.0 Å². The number of thiocarbonyl (C=S) groups is 1. The van der Waals surface area contributed by atoms with Crippen LogP contribution in [0.1, 0.15) is 16.7 Å². The lowest BCUT2D eigenvalue weighted by atomic mass is 10.1. The highest BCUT2D eigenvalue weighted by Gasteiger charge is 2.28. The smallest absolute Gasteiger partial charge is 0.265 e. The third-order valence-corrected chi connectivity index (χ3v) is 6.10. The molecule has 2 aromatic rings. The number of carbonyl (C=O) groups is 1. The number of rotatable bonds is 9. The number of carbonyl (C=O) groups excluding carboxylic acids is 1. The number of benzene rings is 2. The minimum Gasteiger partial charge on any atom is -0.491 e. The maximum Gasteiger partial charge on any atom is 0.265 e. The Labute approximate surface area is 187 Å². The highest BCUT2D eigenvalue weighted by atomic mass is 32.2. The van der Waals surface area contributed by atoms with E-state index in [4.69, 9.17) is 26.4 Å². The van der Waals surface area contributed by atoms with E-state index >= 15 is 0 Å². The quantitative estimate of drug-likeness (QED) is 0.320. The Kier molecular flexibility index (Phi) is 7.90. The minimum absolute atomic E-state index is 0.0762. The van der Waals surface area contributed by atoms with E-state index < -0.39 is 0 Å². The standard InChI is InChI=1S/C23H25NO4S2/c1-16-7-8-20(13-17(16)2)28-12-10-26-9-11-27-19-6-4-5-18(14-19)15-21-22(25)24(3)23(29)30-21/h4-8,13-15H,9-12H2,1-3H3/b21-15+. The molecule has 0 aromatic heterocycles. The zero-order valence-electron chi connectivity index (χ0n) is 17.3. The number of amides is 1. The van der Waals surface area contributed by atoms with E-state index in [1.54, 1.807) is 7.05 Å². The van der Waals surface area contributed by atoms with E-state index in [2.05, 4.69) is 19.9 Å². The van der Waals surface area contributed by atoms with Gasteiger partial charge in [-0.25, -0.2) is 0 Å². The van der Waals surface area contributed by atoms with Crippen LogP contribution in [0, 0.1) is 13.8 Å². The molecule has 1 fully saturated rings. The monoisotopic (exact) mass is 443 g/mol. The van der Waals surface area contributed by atoms with Gasteiger partial charge in [0.1, 0.15) is 29.0 Å². The summed E-state index contributed by atoms with van der Waals surface area (Å²) in [6.07, 6.45) is 1.83. The van der Waals surface area contributed by atoms with Crippen LogP contribution in [-0.2, 0) is 9.53 Å². The third-order valence-electron chi connectivity index (χ3n) is 4.61. The highest BCUT2D eigenvalue weighted by molar-refractivity contribution is 8.26. The summed E-state index contributed by atoms with van der Waals surface area (Å²) in [6, 6.07) is 13.6. The normalized spacial score (nSPS) is 15.2. The van der Waals surface area contributed by atoms with Crippen LogP contribution < -0.4 is 9.47 Å². The summed E-state index contributed by atoms with van der Waals surface area (Å²) in [7, 11) is 1.69. The Morgan fingerprint density at radius 1 is 0.967 bits per heavy atom. The summed E-state index contributed by atoms with van der Waals surface area (Å²) in [5.74, 6) is 1.51. The summed E-state index contributed by atoms with van der Waals surface area (Å²) < 4.78 is 17.6. The average molecular weight is 444 g/mol. The summed E-state index contributed by atoms with van der Waals surface area (Å²) in [6.45, 7) is 6.04. The van der Waals surface area contributed by atoms with E-state index in [9.17, 15) is 4.79 Å². The van der Waals surface area contributed by atoms with Crippen LogP contribution in [0.5, 0.6) is 11.5 Å². The van der Waals surface area contributed by atoms with E-state index in [1.165, 1.54) is 27.8 Å². The predicted molar refractivity (Wildman–Crippen MR) is 125 cm³/mol. The molecule has 1 aliphatic rings. The molecule has 0 unspecified atom stereocenters. The molecule has 1 amide bonds. The lowest BCUT2D eigenvalue weighted by Crippen LogP contribution is -2.22. The van der Waals surface area contributed by atoms with Crippen LogP contribution >= 0.6 is 24.0 Å². The summed E-state index contributed by atoms with van der Waals surface area (Å²) in [5.41, 5.74) is 3.36. The summed E-state index contributed by atoms with van der Waals surface area (Å²) >= 11 is 6.46. The molecule has 2 aromatic carbocycles. The first-order valence-corrected chi connectivity index (χ1v) is 10.9. The lowest BCUT2D eigenvalue weighted by molar-refractivity contribution is -0.121. The molecule has 5 nitrogen and oxygen atoms in total. The summed E-state index contributed by atoms with van der Waals surface area (Å²) in [4.78, 5) is 14.2. The molecule has 0 bridgehead atoms. The maximum absolute atomic E-state index is 12.1. The molecule has 1 saturated heterocycles. The van der Waals surface area contributed by atoms with Crippen molar-refractivity contribution >= 4 is 40.3 Å². The molecular formula is C23H25NO4S2. The van der Waals surface area contributed by atoms with Crippen molar-refractivity contribution in [2.75, 3.05) is 33.5 Å². The zero-order valence-corrected chi connectivity index (χ0v) is 19.0. The van der Waals surface area contributed by atoms with Crippen LogP contribution in [0.4, 0.5) is 0 Å². The second-order valence-electron chi connectivity index (χ2n) is 6.87. The molecule has 30 heavy (non-hydrogen) atoms. The molecule has 1 heterocycles. The molecule has 7 heteroatoms. The third kappa shape index (κ3) is 6.08. The van der Waals surface area contributed by atoms with Gasteiger partial charge >= 0.3 is 0 Å². The first-order valence-electron chi connectivity index (χ1n) is 9.66. The molecule has 0 N–H and O–H groups in total. The van der Waals surface area contributed by atoms with Crippen LogP contribution in [-0.4, -0.2) is 48.6 Å². The van der Waals surface area contributed by atoms with E-state index in [-0.39, 0.29) is 5.91 Å². The second-order valence-corrected chi connectivity index (χ2v) is 8.54. The van der Waals surface area contributed by atoms with Gasteiger partial charge in [-0.2, -0.15) is 0 Å². The zero-order chi connectivity index (χ0) is 21.5. The van der Waals surface area contributed by atoms with Gasteiger partial charge in [0.15, 0.2) is 0 Å². The van der Waals surface area contributed by atoms with Gasteiger partial charge in [-0.15, -0.1) is 0 Å². The number of thioether (sulfide) groups is 1. The first kappa shape index (κ1) is 22.3. The van der Waals surface area contributed by atoms with Crippen LogP contribution in [0.3, 0.4) is 0 Å². The molecule has 0 spiro atoms. The average Bonchev–Trinajstić information content (AvgIpc) is 2.97. The van der Waals surface area contributed by atoms with Crippen LogP contribution in [0.25, 0.3) is 6.08 Å². The van der Waals surface area contributed by atoms with E-state index in [0.717, 1.165) is 17.1 Å². The first-order chi connectivity index (χ1) is 14.4. The van der Waals surface area contributed by atoms with Gasteiger partial charge in [0.25, 0.3) is 5.91 Å².